The lowest BCUT2D eigenvalue weighted by Gasteiger charge is -2.28. The van der Waals surface area contributed by atoms with Crippen molar-refractivity contribution in [1.29, 1.82) is 0 Å². The SMILES string of the molecule is COc1ccc(C(=O)CNC2CCCC2C(=O)NC2CNCC2C(=O)NCC(C(=O)NC2CNCC2C(=O)NCC(C(=O)NC2CNCC2C(=O)NC2CCCC2C(N)=O)C(C)C)C(C)C)cc1. The number of nitrogens with one attached hydrogen (secondary N) is 10. The Kier molecular flexibility index (Phi) is 18.7. The first kappa shape index (κ1) is 52.2. The highest BCUT2D eigenvalue weighted by Gasteiger charge is 2.42. The van der Waals surface area contributed by atoms with Crippen molar-refractivity contribution in [1.82, 2.24) is 53.2 Å². The van der Waals surface area contributed by atoms with Crippen LogP contribution in [0, 0.1) is 53.3 Å². The van der Waals surface area contributed by atoms with Gasteiger partial charge in [-0.3, -0.25) is 38.4 Å². The second-order valence-corrected chi connectivity index (χ2v) is 20.1. The van der Waals surface area contributed by atoms with Crippen LogP contribution in [0.25, 0.3) is 0 Å². The van der Waals surface area contributed by atoms with Gasteiger partial charge in [0.2, 0.25) is 41.4 Å². The van der Waals surface area contributed by atoms with Crippen LogP contribution in [-0.2, 0) is 33.6 Å². The summed E-state index contributed by atoms with van der Waals surface area (Å²) in [6, 6.07) is 4.95. The number of carbonyl (C=O) groups is 8. The van der Waals surface area contributed by atoms with Crippen LogP contribution in [0.4, 0.5) is 0 Å². The minimum atomic E-state index is -0.610. The van der Waals surface area contributed by atoms with E-state index in [9.17, 15) is 38.4 Å². The molecule has 0 spiro atoms. The smallest absolute Gasteiger partial charge is 0.226 e. The van der Waals surface area contributed by atoms with Crippen molar-refractivity contribution in [3.05, 3.63) is 29.8 Å². The molecule has 0 aromatic heterocycles. The second-order valence-electron chi connectivity index (χ2n) is 20.1. The molecule has 68 heavy (non-hydrogen) atoms. The average Bonchev–Trinajstić information content (AvgIpc) is 4.17. The van der Waals surface area contributed by atoms with E-state index >= 15 is 0 Å². The molecule has 5 fully saturated rings. The van der Waals surface area contributed by atoms with E-state index in [2.05, 4.69) is 53.2 Å². The summed E-state index contributed by atoms with van der Waals surface area (Å²) >= 11 is 0. The molecule has 0 bridgehead atoms. The van der Waals surface area contributed by atoms with Crippen LogP contribution < -0.4 is 63.6 Å². The van der Waals surface area contributed by atoms with Gasteiger partial charge in [0.25, 0.3) is 0 Å². The van der Waals surface area contributed by atoms with E-state index < -0.39 is 59.5 Å². The topological polar surface area (TPSA) is 292 Å². The fourth-order valence-corrected chi connectivity index (χ4v) is 10.5. The minimum absolute atomic E-state index is 0.0570. The number of ketones is 1. The fraction of sp³-hybridized carbons (Fsp3) is 0.708. The van der Waals surface area contributed by atoms with Gasteiger partial charge >= 0.3 is 0 Å². The van der Waals surface area contributed by atoms with Crippen LogP contribution in [0.1, 0.15) is 76.6 Å². The summed E-state index contributed by atoms with van der Waals surface area (Å²) in [5.41, 5.74) is 6.12. The Morgan fingerprint density at radius 2 is 1.00 bits per heavy atom. The third kappa shape index (κ3) is 13.3. The summed E-state index contributed by atoms with van der Waals surface area (Å²) in [5, 5.41) is 31.0. The number of hydrogen-bond donors (Lipinski definition) is 11. The molecular formula is C48H75N11O9. The number of rotatable bonds is 22. The number of amides is 7. The lowest BCUT2D eigenvalue weighted by Crippen LogP contribution is -2.53. The van der Waals surface area contributed by atoms with E-state index in [4.69, 9.17) is 10.5 Å². The Balaban J connectivity index is 0.948. The predicted octanol–water partition coefficient (Wildman–Crippen LogP) is -1.70. The Morgan fingerprint density at radius 3 is 1.49 bits per heavy atom. The molecule has 7 amide bonds. The van der Waals surface area contributed by atoms with E-state index in [0.29, 0.717) is 69.8 Å². The van der Waals surface area contributed by atoms with Gasteiger partial charge in [-0.2, -0.15) is 0 Å². The zero-order valence-electron chi connectivity index (χ0n) is 40.3. The van der Waals surface area contributed by atoms with E-state index in [1.54, 1.807) is 31.4 Å². The van der Waals surface area contributed by atoms with Crippen LogP contribution >= 0.6 is 0 Å². The molecular weight excluding hydrogens is 875 g/mol. The lowest BCUT2D eigenvalue weighted by atomic mass is 9.92. The van der Waals surface area contributed by atoms with Crippen molar-refractivity contribution >= 4 is 47.1 Å². The standard InChI is InChI=1S/C48H75N11O9/c1-25(2)31(19-54-43(62)33-16-50-21-38(33)57-45(64)30-9-7-10-36(30)53-24-41(60)27-12-14-28(68-5)15-13-27)46(65)58-39-22-51-17-34(39)44(63)55-20-32(26(3)4)47(66)59-40-23-52-18-35(40)48(67)56-37-11-6-8-29(37)42(49)61/h12-15,25-26,29-40,50-53H,6-11,16-24H2,1-5H3,(H2,49,61)(H,54,62)(H,55,63)(H,56,67)(H,57,64)(H,58,65)(H,59,66). The lowest BCUT2D eigenvalue weighted by molar-refractivity contribution is -0.131. The summed E-state index contributed by atoms with van der Waals surface area (Å²) in [7, 11) is 1.57. The molecule has 5 aliphatic rings. The van der Waals surface area contributed by atoms with Gasteiger partial charge in [-0.25, -0.2) is 0 Å². The van der Waals surface area contributed by atoms with Crippen molar-refractivity contribution in [2.24, 2.45) is 59.0 Å². The maximum atomic E-state index is 13.8. The van der Waals surface area contributed by atoms with Gasteiger partial charge in [-0.15, -0.1) is 0 Å². The fourth-order valence-electron chi connectivity index (χ4n) is 10.5. The maximum absolute atomic E-state index is 13.8. The molecule has 1 aromatic carbocycles. The third-order valence-electron chi connectivity index (χ3n) is 14.9. The van der Waals surface area contributed by atoms with Gasteiger partial charge < -0.3 is 63.6 Å². The molecule has 0 radical (unpaired) electrons. The van der Waals surface area contributed by atoms with Gasteiger partial charge in [0.1, 0.15) is 5.75 Å². The monoisotopic (exact) mass is 950 g/mol. The van der Waals surface area contributed by atoms with Crippen molar-refractivity contribution < 1.29 is 43.1 Å². The molecule has 3 saturated heterocycles. The molecule has 2 saturated carbocycles. The van der Waals surface area contributed by atoms with Crippen LogP contribution in [0.15, 0.2) is 24.3 Å². The van der Waals surface area contributed by atoms with Crippen molar-refractivity contribution in [2.75, 3.05) is 66.0 Å². The van der Waals surface area contributed by atoms with E-state index in [1.807, 2.05) is 27.7 Å². The number of nitrogens with two attached hydrogens (primary N) is 1. The van der Waals surface area contributed by atoms with Gasteiger partial charge in [0.05, 0.1) is 73.2 Å². The quantitative estimate of drug-likeness (QED) is 0.0579. The Labute approximate surface area is 399 Å². The largest absolute Gasteiger partial charge is 0.497 e. The molecule has 2 aliphatic carbocycles. The predicted molar refractivity (Wildman–Crippen MR) is 252 cm³/mol. The van der Waals surface area contributed by atoms with Crippen LogP contribution in [0.2, 0.25) is 0 Å². The highest BCUT2D eigenvalue weighted by Crippen LogP contribution is 2.28. The molecule has 20 nitrogen and oxygen atoms in total. The van der Waals surface area contributed by atoms with Crippen molar-refractivity contribution in [3.8, 4) is 5.75 Å². The van der Waals surface area contributed by atoms with Gasteiger partial charge in [-0.1, -0.05) is 40.5 Å². The first-order chi connectivity index (χ1) is 32.6. The molecule has 12 N–H and O–H groups in total. The molecule has 12 unspecified atom stereocenters. The highest BCUT2D eigenvalue weighted by atomic mass is 16.5. The number of hydrogen-bond acceptors (Lipinski definition) is 13. The van der Waals surface area contributed by atoms with Gasteiger partial charge in [-0.05, 0) is 61.8 Å². The number of benzene rings is 1. The molecule has 3 aliphatic heterocycles. The number of Topliss-reactive ketones (excluding diaryl/α,β-unsaturated/α-hetero) is 1. The number of primary amides is 1. The summed E-state index contributed by atoms with van der Waals surface area (Å²) in [6.07, 6.45) is 4.38. The zero-order chi connectivity index (χ0) is 49.1. The Morgan fingerprint density at radius 1 is 0.559 bits per heavy atom. The number of ether oxygens (including phenoxy) is 1. The molecule has 376 valence electrons. The van der Waals surface area contributed by atoms with Gasteiger partial charge in [0.15, 0.2) is 5.78 Å². The Hall–Kier alpha value is -5.18. The average molecular weight is 950 g/mol. The summed E-state index contributed by atoms with van der Waals surface area (Å²) in [4.78, 5) is 106. The summed E-state index contributed by atoms with van der Waals surface area (Å²) < 4.78 is 5.18. The molecule has 3 heterocycles. The van der Waals surface area contributed by atoms with E-state index in [-0.39, 0.29) is 90.7 Å². The number of carbonyl (C=O) groups excluding carboxylic acids is 8. The maximum Gasteiger partial charge on any atom is 0.226 e. The van der Waals surface area contributed by atoms with Crippen LogP contribution in [-0.4, -0.2) is 143 Å². The Bertz CT molecular complexity index is 1970. The van der Waals surface area contributed by atoms with Crippen LogP contribution in [0.5, 0.6) is 5.75 Å². The van der Waals surface area contributed by atoms with Gasteiger partial charge in [0, 0.05) is 70.0 Å². The van der Waals surface area contributed by atoms with Crippen molar-refractivity contribution in [2.45, 2.75) is 96.4 Å². The molecule has 20 heteroatoms. The molecule has 1 aromatic rings. The van der Waals surface area contributed by atoms with E-state index in [0.717, 1.165) is 19.3 Å². The summed E-state index contributed by atoms with van der Waals surface area (Å²) in [5.74, 6) is -5.37. The highest BCUT2D eigenvalue weighted by molar-refractivity contribution is 5.97. The number of methoxy groups -OCH3 is 1. The molecule has 6 rings (SSSR count). The van der Waals surface area contributed by atoms with E-state index in [1.165, 1.54) is 0 Å². The van der Waals surface area contributed by atoms with Crippen LogP contribution in [0.3, 0.4) is 0 Å². The normalized spacial score (nSPS) is 28.7. The zero-order valence-corrected chi connectivity index (χ0v) is 40.3. The second kappa shape index (κ2) is 24.4. The third-order valence-corrected chi connectivity index (χ3v) is 14.9. The van der Waals surface area contributed by atoms with Crippen molar-refractivity contribution in [3.63, 3.8) is 0 Å². The minimum Gasteiger partial charge on any atom is -0.497 e. The molecule has 12 atom stereocenters. The first-order valence-corrected chi connectivity index (χ1v) is 24.6. The summed E-state index contributed by atoms with van der Waals surface area (Å²) in [6.45, 7) is 10.0. The first-order valence-electron chi connectivity index (χ1n) is 24.6.